The molecule has 0 bridgehead atoms. The van der Waals surface area contributed by atoms with Crippen LogP contribution in [0, 0.1) is 13.8 Å². The molecule has 3 aromatic heterocycles. The van der Waals surface area contributed by atoms with Gasteiger partial charge < -0.3 is 24.8 Å². The van der Waals surface area contributed by atoms with Gasteiger partial charge in [-0.25, -0.2) is 9.98 Å². The Labute approximate surface area is 245 Å². The number of halogens is 1. The van der Waals surface area contributed by atoms with E-state index in [1.165, 1.54) is 0 Å². The van der Waals surface area contributed by atoms with Crippen molar-refractivity contribution >= 4 is 46.6 Å². The number of benzene rings is 1. The minimum atomic E-state index is 0.0925. The first-order chi connectivity index (χ1) is 19.9. The predicted molar refractivity (Wildman–Crippen MR) is 169 cm³/mol. The molecule has 0 unspecified atom stereocenters. The second-order valence-electron chi connectivity index (χ2n) is 9.42. The average molecular weight is 574 g/mol. The molecule has 1 saturated heterocycles. The van der Waals surface area contributed by atoms with E-state index < -0.39 is 0 Å². The summed E-state index contributed by atoms with van der Waals surface area (Å²) in [7, 11) is 0. The van der Waals surface area contributed by atoms with Crippen LogP contribution in [0.15, 0.2) is 83.3 Å². The van der Waals surface area contributed by atoms with Gasteiger partial charge in [-0.2, -0.15) is 5.10 Å². The Morgan fingerprint density at radius 1 is 1.17 bits per heavy atom. The number of rotatable bonds is 8. The maximum absolute atomic E-state index is 6.62. The van der Waals surface area contributed by atoms with E-state index in [1.807, 2.05) is 63.4 Å². The first-order valence-corrected chi connectivity index (χ1v) is 13.7. The lowest BCUT2D eigenvalue weighted by atomic mass is 10.2. The Bertz CT molecular complexity index is 1520. The lowest BCUT2D eigenvalue weighted by molar-refractivity contribution is 0.324. The van der Waals surface area contributed by atoms with Crippen LogP contribution in [0.25, 0.3) is 10.9 Å². The molecule has 4 aromatic rings. The number of aryl methyl sites for hydroxylation is 2. The van der Waals surface area contributed by atoms with Gasteiger partial charge in [0.2, 0.25) is 0 Å². The molecule has 1 fully saturated rings. The molecule has 41 heavy (non-hydrogen) atoms. The summed E-state index contributed by atoms with van der Waals surface area (Å²) < 4.78 is 6.01. The van der Waals surface area contributed by atoms with Crippen molar-refractivity contribution < 1.29 is 4.74 Å². The smallest absolute Gasteiger partial charge is 0.181 e. The van der Waals surface area contributed by atoms with E-state index in [-0.39, 0.29) is 6.73 Å². The van der Waals surface area contributed by atoms with Gasteiger partial charge in [0.25, 0.3) is 0 Å². The highest BCUT2D eigenvalue weighted by molar-refractivity contribution is 6.37. The number of allylic oxidation sites excluding steroid dienone is 1. The third kappa shape index (κ3) is 7.76. The Morgan fingerprint density at radius 2 is 1.95 bits per heavy atom. The highest BCUT2D eigenvalue weighted by Crippen LogP contribution is 2.33. The second-order valence-corrected chi connectivity index (χ2v) is 9.80. The molecule has 0 spiro atoms. The monoisotopic (exact) mass is 573 g/mol. The SMILES string of the molecule is C=CC.C=N/C(=C\C(=N/COc1ccc2[nH]c(C)cc2c1Cl)N1CCN(c2cccnc2)CC1)Nc1cc(C)[nH]n1. The molecule has 4 heterocycles. The fourth-order valence-electron chi connectivity index (χ4n) is 4.40. The molecular weight excluding hydrogens is 538 g/mol. The maximum atomic E-state index is 6.62. The molecule has 214 valence electrons. The fraction of sp³-hybridized carbons (Fsp3) is 0.267. The van der Waals surface area contributed by atoms with Crippen LogP contribution in [0.2, 0.25) is 5.02 Å². The minimum Gasteiger partial charge on any atom is -0.470 e. The molecule has 10 nitrogen and oxygen atoms in total. The number of ether oxygens (including phenoxy) is 1. The Balaban J connectivity index is 0.00000124. The molecular formula is C30H36ClN9O. The van der Waals surface area contributed by atoms with Crippen LogP contribution in [0.1, 0.15) is 18.3 Å². The van der Waals surface area contributed by atoms with Crippen molar-refractivity contribution in [2.24, 2.45) is 9.98 Å². The number of hydrogen-bond donors (Lipinski definition) is 3. The lowest BCUT2D eigenvalue weighted by Gasteiger charge is -2.37. The van der Waals surface area contributed by atoms with E-state index in [0.29, 0.717) is 22.4 Å². The van der Waals surface area contributed by atoms with Gasteiger partial charge in [0.05, 0.1) is 16.9 Å². The van der Waals surface area contributed by atoms with Crippen molar-refractivity contribution in [3.05, 3.63) is 89.8 Å². The number of aromatic amines is 2. The van der Waals surface area contributed by atoms with Gasteiger partial charge in [-0.3, -0.25) is 10.1 Å². The van der Waals surface area contributed by atoms with Crippen molar-refractivity contribution in [2.75, 3.05) is 43.1 Å². The molecule has 3 N–H and O–H groups in total. The summed E-state index contributed by atoms with van der Waals surface area (Å²) in [4.78, 5) is 21.0. The number of anilines is 2. The molecule has 11 heteroatoms. The summed E-state index contributed by atoms with van der Waals surface area (Å²) in [5.74, 6) is 2.50. The minimum absolute atomic E-state index is 0.0925. The fourth-order valence-corrected chi connectivity index (χ4v) is 4.67. The van der Waals surface area contributed by atoms with Gasteiger partial charge in [-0.1, -0.05) is 17.7 Å². The molecule has 0 aliphatic carbocycles. The molecule has 5 rings (SSSR count). The average Bonchev–Trinajstić information content (AvgIpc) is 3.58. The third-order valence-corrected chi connectivity index (χ3v) is 6.69. The summed E-state index contributed by atoms with van der Waals surface area (Å²) >= 11 is 6.62. The molecule has 0 radical (unpaired) electrons. The van der Waals surface area contributed by atoms with Gasteiger partial charge in [0.1, 0.15) is 17.4 Å². The zero-order valence-electron chi connectivity index (χ0n) is 23.7. The standard InChI is InChI=1S/C27H30ClN9O.C3H6/c1-18-13-21-22(32-18)6-7-23(27(21)28)38-17-31-26(15-24(29-3)33-25-14-19(2)34-35-25)37-11-9-36(10-12-37)20-5-4-8-30-16-20;1-3-2/h4-8,13-16,32H,3,9-12,17H2,1-2H3,(H2,33,34,35);3H,1H2,2H3/b24-15+,31-26+;. The topological polar surface area (TPSA) is 110 Å². The number of H-pyrrole nitrogens is 2. The largest absolute Gasteiger partial charge is 0.470 e. The normalized spacial score (nSPS) is 14.0. The highest BCUT2D eigenvalue weighted by atomic mass is 35.5. The quantitative estimate of drug-likeness (QED) is 0.136. The number of nitrogens with one attached hydrogen (secondary N) is 3. The molecule has 1 aliphatic heterocycles. The zero-order chi connectivity index (χ0) is 29.2. The molecule has 1 aliphatic rings. The number of fused-ring (bicyclic) bond motifs is 1. The summed E-state index contributed by atoms with van der Waals surface area (Å²) in [5.41, 5.74) is 4.06. The molecule has 0 amide bonds. The lowest BCUT2D eigenvalue weighted by Crippen LogP contribution is -2.48. The van der Waals surface area contributed by atoms with E-state index in [0.717, 1.165) is 60.0 Å². The molecule has 1 aromatic carbocycles. The summed E-state index contributed by atoms with van der Waals surface area (Å²) in [6, 6.07) is 11.8. The van der Waals surface area contributed by atoms with Gasteiger partial charge in [-0.05, 0) is 57.8 Å². The van der Waals surface area contributed by atoms with Crippen LogP contribution in [0.4, 0.5) is 11.5 Å². The van der Waals surface area contributed by atoms with Crippen LogP contribution in [0.3, 0.4) is 0 Å². The number of nitrogens with zero attached hydrogens (tertiary/aromatic N) is 6. The highest BCUT2D eigenvalue weighted by Gasteiger charge is 2.20. The van der Waals surface area contributed by atoms with Crippen molar-refractivity contribution in [3.63, 3.8) is 0 Å². The van der Waals surface area contributed by atoms with E-state index in [4.69, 9.17) is 21.3 Å². The molecule has 0 atom stereocenters. The Hall–Kier alpha value is -4.57. The molecule has 0 saturated carbocycles. The van der Waals surface area contributed by atoms with Crippen LogP contribution in [-0.4, -0.2) is 70.5 Å². The number of pyridine rings is 1. The Morgan fingerprint density at radius 3 is 2.61 bits per heavy atom. The summed E-state index contributed by atoms with van der Waals surface area (Å²) in [6.07, 6.45) is 7.29. The van der Waals surface area contributed by atoms with Crippen molar-refractivity contribution in [2.45, 2.75) is 20.8 Å². The first kappa shape index (κ1) is 29.4. The van der Waals surface area contributed by atoms with E-state index in [9.17, 15) is 0 Å². The number of aliphatic imine (C=N–C) groups is 2. The van der Waals surface area contributed by atoms with Gasteiger partial charge in [-0.15, -0.1) is 6.58 Å². The predicted octanol–water partition coefficient (Wildman–Crippen LogP) is 5.96. The van der Waals surface area contributed by atoms with Gasteiger partial charge in [0.15, 0.2) is 12.5 Å². The summed E-state index contributed by atoms with van der Waals surface area (Å²) in [5, 5.41) is 11.8. The Kier molecular flexibility index (Phi) is 10.2. The van der Waals surface area contributed by atoms with Crippen molar-refractivity contribution in [3.8, 4) is 5.75 Å². The van der Waals surface area contributed by atoms with Crippen LogP contribution < -0.4 is 15.0 Å². The second kappa shape index (κ2) is 14.2. The number of hydrogen-bond acceptors (Lipinski definition) is 7. The van der Waals surface area contributed by atoms with Gasteiger partial charge in [0, 0.05) is 66.8 Å². The van der Waals surface area contributed by atoms with Crippen molar-refractivity contribution in [1.82, 2.24) is 25.1 Å². The van der Waals surface area contributed by atoms with Crippen LogP contribution >= 0.6 is 11.6 Å². The summed E-state index contributed by atoms with van der Waals surface area (Å²) in [6.45, 7) is 16.2. The van der Waals surface area contributed by atoms with E-state index >= 15 is 0 Å². The van der Waals surface area contributed by atoms with Crippen LogP contribution in [0.5, 0.6) is 5.75 Å². The number of piperazine rings is 1. The van der Waals surface area contributed by atoms with E-state index in [1.54, 1.807) is 12.3 Å². The number of amidine groups is 1. The van der Waals surface area contributed by atoms with Gasteiger partial charge >= 0.3 is 0 Å². The van der Waals surface area contributed by atoms with Crippen LogP contribution in [-0.2, 0) is 0 Å². The third-order valence-electron chi connectivity index (χ3n) is 6.30. The number of aromatic nitrogens is 4. The first-order valence-electron chi connectivity index (χ1n) is 13.3. The maximum Gasteiger partial charge on any atom is 0.181 e. The zero-order valence-corrected chi connectivity index (χ0v) is 24.4. The van der Waals surface area contributed by atoms with E-state index in [2.05, 4.69) is 59.6 Å². The van der Waals surface area contributed by atoms with Crippen molar-refractivity contribution in [1.29, 1.82) is 0 Å².